The van der Waals surface area contributed by atoms with E-state index in [1.165, 1.54) is 62.1 Å². The molecule has 0 amide bonds. The number of fused-ring (bicyclic) bond motifs is 6. The lowest BCUT2D eigenvalue weighted by Gasteiger charge is -2.29. The van der Waals surface area contributed by atoms with Crippen LogP contribution in [0.15, 0.2) is 190 Å². The van der Waals surface area contributed by atoms with Crippen LogP contribution in [0.3, 0.4) is 0 Å². The quantitative estimate of drug-likeness (QED) is 0.0897. The molecule has 0 bridgehead atoms. The van der Waals surface area contributed by atoms with Gasteiger partial charge in [0.1, 0.15) is 16.8 Å². The predicted octanol–water partition coefficient (Wildman–Crippen LogP) is 12.6. The maximum Gasteiger partial charge on any atom is 0.157 e. The van der Waals surface area contributed by atoms with Crippen molar-refractivity contribution >= 4 is 51.0 Å². The zero-order chi connectivity index (χ0) is 43.0. The van der Waals surface area contributed by atoms with Crippen LogP contribution in [0.2, 0.25) is 0 Å². The van der Waals surface area contributed by atoms with Crippen LogP contribution in [-0.2, 0) is 12.0 Å². The van der Waals surface area contributed by atoms with Gasteiger partial charge in [0.05, 0.1) is 6.54 Å². The molecule has 0 spiro atoms. The molecule has 0 unspecified atom stereocenters. The van der Waals surface area contributed by atoms with Gasteiger partial charge in [0.25, 0.3) is 0 Å². The summed E-state index contributed by atoms with van der Waals surface area (Å²) in [6, 6.07) is 50.8. The van der Waals surface area contributed by atoms with E-state index in [0.29, 0.717) is 18.2 Å². The van der Waals surface area contributed by atoms with E-state index >= 15 is 0 Å². The molecular weight excluding hydrogens is 755 g/mol. The number of hydrogen-bond donors (Lipinski definition) is 1. The Bertz CT molecular complexity index is 3170. The van der Waals surface area contributed by atoms with Gasteiger partial charge >= 0.3 is 0 Å². The lowest BCUT2D eigenvalue weighted by molar-refractivity contribution is 0.572. The molecule has 0 fully saturated rings. The van der Waals surface area contributed by atoms with Crippen LogP contribution >= 0.6 is 0 Å². The number of nitrogens with two attached hydrogens (primary N) is 1. The molecule has 0 aliphatic heterocycles. The Morgan fingerprint density at radius 1 is 0.694 bits per heavy atom. The predicted molar refractivity (Wildman–Crippen MR) is 262 cm³/mol. The van der Waals surface area contributed by atoms with E-state index in [4.69, 9.17) is 20.1 Å². The van der Waals surface area contributed by atoms with Gasteiger partial charge in [-0.2, -0.15) is 0 Å². The van der Waals surface area contributed by atoms with Gasteiger partial charge in [-0.05, 0) is 104 Å². The van der Waals surface area contributed by atoms with E-state index in [2.05, 4.69) is 131 Å². The molecular formula is C58H51N3O. The molecule has 7 aromatic rings. The zero-order valence-corrected chi connectivity index (χ0v) is 36.2. The number of allylic oxidation sites excluding steroid dienone is 7. The average Bonchev–Trinajstić information content (AvgIpc) is 3.71. The molecule has 10 rings (SSSR count). The minimum atomic E-state index is -0.0993. The van der Waals surface area contributed by atoms with Gasteiger partial charge in [0.15, 0.2) is 5.84 Å². The van der Waals surface area contributed by atoms with E-state index in [0.717, 1.165) is 49.4 Å². The lowest BCUT2D eigenvalue weighted by atomic mass is 9.74. The van der Waals surface area contributed by atoms with Crippen LogP contribution in [0.25, 0.3) is 50.5 Å². The summed E-state index contributed by atoms with van der Waals surface area (Å²) >= 11 is 0. The Kier molecular flexibility index (Phi) is 10.8. The third-order valence-corrected chi connectivity index (χ3v) is 12.2. The third kappa shape index (κ3) is 7.02. The van der Waals surface area contributed by atoms with Crippen LogP contribution in [0.4, 0.5) is 0 Å². The molecule has 0 saturated carbocycles. The normalized spacial score (nSPS) is 15.0. The van der Waals surface area contributed by atoms with Crippen molar-refractivity contribution in [1.29, 1.82) is 0 Å². The minimum Gasteiger partial charge on any atom is -0.456 e. The molecule has 0 radical (unpaired) electrons. The first kappa shape index (κ1) is 40.1. The van der Waals surface area contributed by atoms with Gasteiger partial charge in [0.2, 0.25) is 0 Å². The van der Waals surface area contributed by atoms with E-state index in [-0.39, 0.29) is 5.41 Å². The first-order chi connectivity index (χ1) is 30.2. The fourth-order valence-electron chi connectivity index (χ4n) is 9.01. The van der Waals surface area contributed by atoms with Crippen molar-refractivity contribution in [3.8, 4) is 11.1 Å². The molecule has 1 heterocycles. The number of nitrogens with zero attached hydrogens (tertiary/aromatic N) is 2. The van der Waals surface area contributed by atoms with Crippen LogP contribution < -0.4 is 16.4 Å². The molecule has 304 valence electrons. The van der Waals surface area contributed by atoms with Gasteiger partial charge in [0, 0.05) is 27.1 Å². The van der Waals surface area contributed by atoms with Gasteiger partial charge in [-0.15, -0.1) is 0 Å². The van der Waals surface area contributed by atoms with Crippen molar-refractivity contribution in [2.45, 2.75) is 53.0 Å². The molecule has 3 aliphatic carbocycles. The minimum absolute atomic E-state index is 0.0993. The Morgan fingerprint density at radius 2 is 1.35 bits per heavy atom. The highest BCUT2D eigenvalue weighted by Crippen LogP contribution is 2.52. The highest BCUT2D eigenvalue weighted by Gasteiger charge is 2.36. The fraction of sp³-hybridized carbons (Fsp3) is 0.138. The smallest absolute Gasteiger partial charge is 0.157 e. The molecule has 4 nitrogen and oxygen atoms in total. The molecule has 2 N–H and O–H groups in total. The van der Waals surface area contributed by atoms with Crippen LogP contribution in [0, 0.1) is 0 Å². The van der Waals surface area contributed by atoms with Crippen molar-refractivity contribution in [2.75, 3.05) is 0 Å². The lowest BCUT2D eigenvalue weighted by Crippen LogP contribution is -2.33. The maximum atomic E-state index is 6.56. The third-order valence-electron chi connectivity index (χ3n) is 12.2. The molecule has 0 saturated heterocycles. The number of amidine groups is 2. The van der Waals surface area contributed by atoms with Crippen LogP contribution in [0.1, 0.15) is 85.5 Å². The topological polar surface area (TPSA) is 63.9 Å². The summed E-state index contributed by atoms with van der Waals surface area (Å²) in [5, 5.41) is 2.21. The summed E-state index contributed by atoms with van der Waals surface area (Å²) in [5.74, 6) is 1.00. The number of aliphatic imine (C=N–C) groups is 2. The first-order valence-electron chi connectivity index (χ1n) is 21.6. The summed E-state index contributed by atoms with van der Waals surface area (Å²) in [7, 11) is 0. The van der Waals surface area contributed by atoms with Crippen LogP contribution in [-0.4, -0.2) is 11.7 Å². The van der Waals surface area contributed by atoms with Gasteiger partial charge < -0.3 is 10.2 Å². The standard InChI is InChI=1S/C55H43N3O.C3H8/c1-5-34(6-2)35-24-26-36(27-25-35)43-31-44(39-28-29-42-41-21-13-14-22-46(41)55(3,4)47(42)30-39)51(43)45-32-49-52(45)50-40(20-15-23-48(50)59-49)33-57-54(38-18-11-8-12-19-38)58-53(56)37-16-9-7-10-17-37;1-3-2/h5-32H,1,33H2,2-4H3,(H2,56,57,58);3H2,1-2H3/b34-6+;. The number of furan rings is 1. The Labute approximate surface area is 364 Å². The maximum absolute atomic E-state index is 6.56. The second-order valence-electron chi connectivity index (χ2n) is 16.6. The van der Waals surface area contributed by atoms with E-state index in [1.54, 1.807) is 0 Å². The highest BCUT2D eigenvalue weighted by molar-refractivity contribution is 6.21. The molecule has 1 aromatic heterocycles. The van der Waals surface area contributed by atoms with Gasteiger partial charge in [-0.3, -0.25) is 4.99 Å². The second kappa shape index (κ2) is 16.6. The largest absolute Gasteiger partial charge is 0.456 e. The van der Waals surface area contributed by atoms with Crippen molar-refractivity contribution in [3.63, 3.8) is 0 Å². The Hall–Kier alpha value is -7.30. The fourth-order valence-corrected chi connectivity index (χ4v) is 9.01. The number of rotatable bonds is 9. The monoisotopic (exact) mass is 805 g/mol. The van der Waals surface area contributed by atoms with E-state index < -0.39 is 0 Å². The summed E-state index contributed by atoms with van der Waals surface area (Å²) in [6.45, 7) is 15.4. The van der Waals surface area contributed by atoms with Gasteiger partial charge in [-0.1, -0.05) is 186 Å². The SMILES string of the molecule is C=C/C(=C\C)c1ccc(C2=CC(c3ccc4c(c3)C(C)(C)c3ccccc3-4)=C2C2=c3c(oc4cccc(CN=C(N=C(N)c5ccccc5)c5ccccc5)c34)=C2)cc1.CCC. The number of benzene rings is 6. The van der Waals surface area contributed by atoms with Crippen molar-refractivity contribution in [3.05, 3.63) is 231 Å². The van der Waals surface area contributed by atoms with Crippen molar-refractivity contribution < 1.29 is 4.42 Å². The van der Waals surface area contributed by atoms with E-state index in [1.807, 2.05) is 79.7 Å². The molecule has 3 aliphatic rings. The zero-order valence-electron chi connectivity index (χ0n) is 36.2. The second-order valence-corrected chi connectivity index (χ2v) is 16.6. The van der Waals surface area contributed by atoms with Crippen LogP contribution in [0.5, 0.6) is 0 Å². The summed E-state index contributed by atoms with van der Waals surface area (Å²) in [4.78, 5) is 10.0. The molecule has 4 heteroatoms. The highest BCUT2D eigenvalue weighted by atomic mass is 16.3. The average molecular weight is 806 g/mol. The Morgan fingerprint density at radius 3 is 2.06 bits per heavy atom. The summed E-state index contributed by atoms with van der Waals surface area (Å²) < 4.78 is 6.53. The van der Waals surface area contributed by atoms with Gasteiger partial charge in [-0.25, -0.2) is 4.99 Å². The first-order valence-corrected chi connectivity index (χ1v) is 21.6. The van der Waals surface area contributed by atoms with E-state index in [9.17, 15) is 0 Å². The molecule has 62 heavy (non-hydrogen) atoms. The van der Waals surface area contributed by atoms with Crippen molar-refractivity contribution in [1.82, 2.24) is 0 Å². The number of hydrogen-bond acceptors (Lipinski definition) is 2. The summed E-state index contributed by atoms with van der Waals surface area (Å²) in [6.07, 6.45) is 9.83. The molecule has 0 atom stereocenters. The Balaban J connectivity index is 0.00000159. The summed E-state index contributed by atoms with van der Waals surface area (Å²) in [5.41, 5.74) is 25.9. The van der Waals surface area contributed by atoms with Crippen molar-refractivity contribution in [2.24, 2.45) is 15.7 Å². The molecule has 6 aromatic carbocycles.